The van der Waals surface area contributed by atoms with Gasteiger partial charge in [0.15, 0.2) is 0 Å². The summed E-state index contributed by atoms with van der Waals surface area (Å²) in [6.45, 7) is 0.151. The van der Waals surface area contributed by atoms with Gasteiger partial charge >= 0.3 is 6.18 Å². The fraction of sp³-hybridized carbons (Fsp3) is 0.160. The number of fused-ring (bicyclic) bond motifs is 1. The molecule has 3 aromatic carbocycles. The van der Waals surface area contributed by atoms with Crippen molar-refractivity contribution in [1.82, 2.24) is 0 Å². The Labute approximate surface area is 186 Å². The number of rotatable bonds is 6. The average molecular weight is 456 g/mol. The number of ether oxygens (including phenoxy) is 3. The molecule has 0 aliphatic carbocycles. The lowest BCUT2D eigenvalue weighted by Gasteiger charge is -2.15. The van der Waals surface area contributed by atoms with E-state index in [0.29, 0.717) is 5.75 Å². The minimum atomic E-state index is -4.90. The van der Waals surface area contributed by atoms with Crippen LogP contribution in [0.15, 0.2) is 75.9 Å². The molecule has 0 N–H and O–H groups in total. The third-order valence-corrected chi connectivity index (χ3v) is 5.04. The van der Waals surface area contributed by atoms with Crippen LogP contribution >= 0.6 is 0 Å². The van der Waals surface area contributed by atoms with E-state index in [0.717, 1.165) is 5.56 Å². The second-order valence-corrected chi connectivity index (χ2v) is 7.13. The Morgan fingerprint density at radius 1 is 0.879 bits per heavy atom. The summed E-state index contributed by atoms with van der Waals surface area (Å²) in [6, 6.07) is 17.4. The zero-order valence-electron chi connectivity index (χ0n) is 17.7. The highest BCUT2D eigenvalue weighted by atomic mass is 19.4. The molecule has 0 atom stereocenters. The van der Waals surface area contributed by atoms with E-state index >= 15 is 0 Å². The van der Waals surface area contributed by atoms with Crippen LogP contribution in [0.2, 0.25) is 0 Å². The van der Waals surface area contributed by atoms with Crippen LogP contribution in [0.25, 0.3) is 22.1 Å². The van der Waals surface area contributed by atoms with Crippen molar-refractivity contribution >= 4 is 11.0 Å². The maximum atomic E-state index is 13.9. The Bertz CT molecular complexity index is 1360. The van der Waals surface area contributed by atoms with Gasteiger partial charge in [-0.25, -0.2) is 0 Å². The smallest absolute Gasteiger partial charge is 0.450 e. The number of alkyl halides is 3. The molecule has 0 amide bonds. The molecule has 1 aromatic heterocycles. The van der Waals surface area contributed by atoms with Crippen LogP contribution in [0.5, 0.6) is 17.2 Å². The van der Waals surface area contributed by atoms with E-state index < -0.39 is 22.9 Å². The maximum absolute atomic E-state index is 13.9. The number of hydrogen-bond donors (Lipinski definition) is 0. The predicted molar refractivity (Wildman–Crippen MR) is 117 cm³/mol. The number of benzene rings is 3. The van der Waals surface area contributed by atoms with Crippen LogP contribution < -0.4 is 19.6 Å². The summed E-state index contributed by atoms with van der Waals surface area (Å²) in [6.07, 6.45) is -4.90. The third kappa shape index (κ3) is 4.50. The molecule has 0 fully saturated rings. The first-order valence-electron chi connectivity index (χ1n) is 9.89. The largest absolute Gasteiger partial charge is 0.497 e. The summed E-state index contributed by atoms with van der Waals surface area (Å²) < 4.78 is 63.0. The molecule has 170 valence electrons. The normalized spacial score (nSPS) is 11.4. The van der Waals surface area contributed by atoms with Crippen LogP contribution in [0.3, 0.4) is 0 Å². The van der Waals surface area contributed by atoms with Crippen molar-refractivity contribution in [3.05, 3.63) is 88.3 Å². The molecule has 0 aliphatic heterocycles. The second-order valence-electron chi connectivity index (χ2n) is 7.13. The molecule has 0 saturated carbocycles. The second kappa shape index (κ2) is 8.90. The van der Waals surface area contributed by atoms with E-state index in [2.05, 4.69) is 0 Å². The van der Waals surface area contributed by atoms with Gasteiger partial charge < -0.3 is 18.6 Å². The van der Waals surface area contributed by atoms with Crippen molar-refractivity contribution in [2.45, 2.75) is 12.8 Å². The number of halogens is 3. The van der Waals surface area contributed by atoms with Gasteiger partial charge in [0.05, 0.1) is 25.2 Å². The molecule has 0 aliphatic rings. The van der Waals surface area contributed by atoms with Gasteiger partial charge in [-0.15, -0.1) is 0 Å². The molecule has 5 nitrogen and oxygen atoms in total. The first-order chi connectivity index (χ1) is 15.8. The van der Waals surface area contributed by atoms with Gasteiger partial charge in [-0.1, -0.05) is 30.3 Å². The molecular weight excluding hydrogens is 437 g/mol. The van der Waals surface area contributed by atoms with Crippen LogP contribution in [0.4, 0.5) is 13.2 Å². The topological polar surface area (TPSA) is 57.9 Å². The SMILES string of the molecule is COc1cccc(COc2ccc3c(=O)c(-c4ccccc4OC)c(C(F)(F)F)oc3c2)c1. The molecule has 4 aromatic rings. The van der Waals surface area contributed by atoms with Crippen molar-refractivity contribution in [1.29, 1.82) is 0 Å². The van der Waals surface area contributed by atoms with E-state index in [-0.39, 0.29) is 34.6 Å². The van der Waals surface area contributed by atoms with Gasteiger partial charge in [0.2, 0.25) is 11.2 Å². The van der Waals surface area contributed by atoms with Gasteiger partial charge in [0.1, 0.15) is 29.4 Å². The lowest BCUT2D eigenvalue weighted by atomic mass is 10.0. The minimum absolute atomic E-state index is 0.00123. The molecule has 4 rings (SSSR count). The van der Waals surface area contributed by atoms with Crippen LogP contribution in [-0.2, 0) is 12.8 Å². The van der Waals surface area contributed by atoms with Gasteiger partial charge in [0.25, 0.3) is 0 Å². The van der Waals surface area contributed by atoms with E-state index in [1.165, 1.54) is 43.5 Å². The van der Waals surface area contributed by atoms with Gasteiger partial charge in [0, 0.05) is 11.6 Å². The van der Waals surface area contributed by atoms with E-state index in [1.54, 1.807) is 31.4 Å². The van der Waals surface area contributed by atoms with E-state index in [4.69, 9.17) is 18.6 Å². The van der Waals surface area contributed by atoms with Gasteiger partial charge in [-0.05, 0) is 35.9 Å². The molecule has 0 spiro atoms. The standard InChI is InChI=1S/C25H19F3O5/c1-30-16-7-5-6-15(12-16)14-32-17-10-11-19-21(13-17)33-24(25(26,27)28)22(23(19)29)18-8-3-4-9-20(18)31-2/h3-13H,14H2,1-2H3. The zero-order valence-corrected chi connectivity index (χ0v) is 17.7. The fourth-order valence-electron chi connectivity index (χ4n) is 3.49. The van der Waals surface area contributed by atoms with Gasteiger partial charge in [-0.3, -0.25) is 4.79 Å². The molecule has 1 heterocycles. The van der Waals surface area contributed by atoms with Gasteiger partial charge in [-0.2, -0.15) is 13.2 Å². The summed E-state index contributed by atoms with van der Waals surface area (Å²) in [4.78, 5) is 13.2. The molecule has 0 bridgehead atoms. The number of hydrogen-bond acceptors (Lipinski definition) is 5. The Balaban J connectivity index is 1.79. The summed E-state index contributed by atoms with van der Waals surface area (Å²) in [5.74, 6) is -0.353. The molecule has 8 heteroatoms. The summed E-state index contributed by atoms with van der Waals surface area (Å²) in [5.41, 5.74) is -0.834. The summed E-state index contributed by atoms with van der Waals surface area (Å²) >= 11 is 0. The van der Waals surface area contributed by atoms with Crippen molar-refractivity contribution in [2.75, 3.05) is 14.2 Å². The highest BCUT2D eigenvalue weighted by Gasteiger charge is 2.40. The molecule has 0 unspecified atom stereocenters. The van der Waals surface area contributed by atoms with Crippen LogP contribution in [0, 0.1) is 0 Å². The first kappa shape index (κ1) is 22.3. The quantitative estimate of drug-likeness (QED) is 0.352. The van der Waals surface area contributed by atoms with Crippen molar-refractivity contribution in [3.63, 3.8) is 0 Å². The molecule has 0 radical (unpaired) electrons. The molecular formula is C25H19F3O5. The number of para-hydroxylation sites is 1. The maximum Gasteiger partial charge on any atom is 0.450 e. The van der Waals surface area contributed by atoms with E-state index in [1.807, 2.05) is 6.07 Å². The highest BCUT2D eigenvalue weighted by molar-refractivity contribution is 5.85. The zero-order chi connectivity index (χ0) is 23.6. The van der Waals surface area contributed by atoms with E-state index in [9.17, 15) is 18.0 Å². The Hall–Kier alpha value is -3.94. The Morgan fingerprint density at radius 3 is 2.39 bits per heavy atom. The molecule has 33 heavy (non-hydrogen) atoms. The molecule has 0 saturated heterocycles. The third-order valence-electron chi connectivity index (χ3n) is 5.04. The Morgan fingerprint density at radius 2 is 1.67 bits per heavy atom. The van der Waals surface area contributed by atoms with Crippen LogP contribution in [-0.4, -0.2) is 14.2 Å². The first-order valence-corrected chi connectivity index (χ1v) is 9.89. The summed E-state index contributed by atoms with van der Waals surface area (Å²) in [5, 5.41) is -0.00219. The van der Waals surface area contributed by atoms with Crippen molar-refractivity contribution in [3.8, 4) is 28.4 Å². The number of methoxy groups -OCH3 is 2. The minimum Gasteiger partial charge on any atom is -0.497 e. The Kier molecular flexibility index (Phi) is 6.00. The lowest BCUT2D eigenvalue weighted by molar-refractivity contribution is -0.152. The predicted octanol–water partition coefficient (Wildman–Crippen LogP) is 6.08. The fourth-order valence-corrected chi connectivity index (χ4v) is 3.49. The lowest BCUT2D eigenvalue weighted by Crippen LogP contribution is -2.16. The van der Waals surface area contributed by atoms with Crippen LogP contribution in [0.1, 0.15) is 11.3 Å². The van der Waals surface area contributed by atoms with Crippen molar-refractivity contribution < 1.29 is 31.8 Å². The monoisotopic (exact) mass is 456 g/mol. The average Bonchev–Trinajstić information content (AvgIpc) is 2.82. The highest BCUT2D eigenvalue weighted by Crippen LogP contribution is 2.40. The van der Waals surface area contributed by atoms with Crippen molar-refractivity contribution in [2.24, 2.45) is 0 Å². The summed E-state index contributed by atoms with van der Waals surface area (Å²) in [7, 11) is 2.86.